The Morgan fingerprint density at radius 2 is 2.36 bits per heavy atom. The first-order valence-electron chi connectivity index (χ1n) is 5.05. The number of hydrogen-bond donors (Lipinski definition) is 3. The number of carbonyl (C=O) groups is 1. The molecule has 0 aliphatic carbocycles. The maximum Gasteiger partial charge on any atom is 0.315 e. The van der Waals surface area contributed by atoms with Crippen LogP contribution < -0.4 is 16.0 Å². The number of hydrogen-bond acceptors (Lipinski definition) is 3. The first-order chi connectivity index (χ1) is 6.77. The van der Waals surface area contributed by atoms with E-state index in [2.05, 4.69) is 16.0 Å². The van der Waals surface area contributed by atoms with E-state index in [9.17, 15) is 4.79 Å². The fraction of sp³-hybridized carbons (Fsp3) is 0.889. The van der Waals surface area contributed by atoms with Crippen molar-refractivity contribution in [1.82, 2.24) is 16.0 Å². The van der Waals surface area contributed by atoms with Gasteiger partial charge in [0.05, 0.1) is 12.1 Å². The van der Waals surface area contributed by atoms with Gasteiger partial charge in [-0.3, -0.25) is 0 Å². The second-order valence-corrected chi connectivity index (χ2v) is 3.44. The van der Waals surface area contributed by atoms with Crippen LogP contribution in [0.1, 0.15) is 13.3 Å². The van der Waals surface area contributed by atoms with Gasteiger partial charge in [0.2, 0.25) is 0 Å². The normalized spacial score (nSPS) is 26.1. The summed E-state index contributed by atoms with van der Waals surface area (Å²) in [6.45, 7) is 4.31. The Morgan fingerprint density at radius 1 is 1.57 bits per heavy atom. The second kappa shape index (κ2) is 5.82. The van der Waals surface area contributed by atoms with Crippen molar-refractivity contribution < 1.29 is 9.53 Å². The van der Waals surface area contributed by atoms with Gasteiger partial charge in [-0.15, -0.1) is 0 Å². The lowest BCUT2D eigenvalue weighted by Gasteiger charge is -2.18. The summed E-state index contributed by atoms with van der Waals surface area (Å²) in [4.78, 5) is 11.3. The second-order valence-electron chi connectivity index (χ2n) is 3.44. The highest BCUT2D eigenvalue weighted by molar-refractivity contribution is 5.74. The Bertz CT molecular complexity index is 187. The van der Waals surface area contributed by atoms with Crippen LogP contribution in [-0.2, 0) is 4.74 Å². The van der Waals surface area contributed by atoms with Crippen LogP contribution in [0.2, 0.25) is 0 Å². The van der Waals surface area contributed by atoms with Gasteiger partial charge in [-0.1, -0.05) is 6.92 Å². The van der Waals surface area contributed by atoms with Crippen molar-refractivity contribution in [3.8, 4) is 0 Å². The van der Waals surface area contributed by atoms with Crippen molar-refractivity contribution in [1.29, 1.82) is 0 Å². The van der Waals surface area contributed by atoms with Gasteiger partial charge in [-0.05, 0) is 6.42 Å². The molecule has 0 aromatic rings. The minimum atomic E-state index is -0.109. The molecule has 0 radical (unpaired) electrons. The SMILES string of the molecule is CCCNC(=O)NC1CNC[C@@H]1OC. The topological polar surface area (TPSA) is 62.4 Å². The predicted molar refractivity (Wildman–Crippen MR) is 54.3 cm³/mol. The Morgan fingerprint density at radius 3 is 3.00 bits per heavy atom. The first kappa shape index (κ1) is 11.3. The number of methoxy groups -OCH3 is 1. The molecule has 1 aliphatic heterocycles. The highest BCUT2D eigenvalue weighted by Crippen LogP contribution is 2.02. The van der Waals surface area contributed by atoms with E-state index in [1.54, 1.807) is 7.11 Å². The fourth-order valence-corrected chi connectivity index (χ4v) is 1.50. The average Bonchev–Trinajstić information content (AvgIpc) is 2.62. The average molecular weight is 201 g/mol. The molecule has 1 fully saturated rings. The van der Waals surface area contributed by atoms with Gasteiger partial charge in [-0.2, -0.15) is 0 Å². The summed E-state index contributed by atoms with van der Waals surface area (Å²) in [6, 6.07) is -0.0283. The van der Waals surface area contributed by atoms with Crippen molar-refractivity contribution in [3.05, 3.63) is 0 Å². The molecule has 1 heterocycles. The molecule has 14 heavy (non-hydrogen) atoms. The summed E-state index contributed by atoms with van der Waals surface area (Å²) >= 11 is 0. The molecular weight excluding hydrogens is 182 g/mol. The summed E-state index contributed by atoms with van der Waals surface area (Å²) in [5, 5.41) is 8.81. The molecule has 0 saturated carbocycles. The predicted octanol–water partition coefficient (Wildman–Crippen LogP) is -0.318. The molecule has 0 aromatic heterocycles. The third-order valence-electron chi connectivity index (χ3n) is 2.31. The molecule has 0 spiro atoms. The van der Waals surface area contributed by atoms with Gasteiger partial charge in [0.1, 0.15) is 0 Å². The van der Waals surface area contributed by atoms with Gasteiger partial charge in [-0.25, -0.2) is 4.79 Å². The highest BCUT2D eigenvalue weighted by Gasteiger charge is 2.27. The van der Waals surface area contributed by atoms with E-state index in [0.717, 1.165) is 19.5 Å². The molecule has 82 valence electrons. The van der Waals surface area contributed by atoms with Crippen molar-refractivity contribution >= 4 is 6.03 Å². The van der Waals surface area contributed by atoms with Crippen LogP contribution in [0, 0.1) is 0 Å². The van der Waals surface area contributed by atoms with Crippen molar-refractivity contribution in [2.24, 2.45) is 0 Å². The summed E-state index contributed by atoms with van der Waals surface area (Å²) in [5.41, 5.74) is 0. The zero-order valence-electron chi connectivity index (χ0n) is 8.80. The quantitative estimate of drug-likeness (QED) is 0.584. The minimum Gasteiger partial charge on any atom is -0.378 e. The lowest BCUT2D eigenvalue weighted by molar-refractivity contribution is 0.0984. The third-order valence-corrected chi connectivity index (χ3v) is 2.31. The Labute approximate surface area is 84.6 Å². The standard InChI is InChI=1S/C9H19N3O2/c1-3-4-11-9(13)12-7-5-10-6-8(7)14-2/h7-8,10H,3-6H2,1-2H3,(H2,11,12,13)/t7?,8-/m0/s1. The van der Waals surface area contributed by atoms with E-state index < -0.39 is 0 Å². The van der Waals surface area contributed by atoms with Crippen LogP contribution in [0.25, 0.3) is 0 Å². The van der Waals surface area contributed by atoms with Crippen LogP contribution in [-0.4, -0.2) is 44.9 Å². The van der Waals surface area contributed by atoms with E-state index >= 15 is 0 Å². The molecular formula is C9H19N3O2. The molecule has 0 aromatic carbocycles. The van der Waals surface area contributed by atoms with Gasteiger partial charge >= 0.3 is 6.03 Å². The summed E-state index contributed by atoms with van der Waals surface area (Å²) in [6.07, 6.45) is 1.03. The zero-order valence-corrected chi connectivity index (χ0v) is 8.80. The lowest BCUT2D eigenvalue weighted by atomic mass is 10.2. The largest absolute Gasteiger partial charge is 0.378 e. The van der Waals surface area contributed by atoms with E-state index in [4.69, 9.17) is 4.74 Å². The van der Waals surface area contributed by atoms with Crippen molar-refractivity contribution in [3.63, 3.8) is 0 Å². The maximum absolute atomic E-state index is 11.3. The zero-order chi connectivity index (χ0) is 10.4. The van der Waals surface area contributed by atoms with Gasteiger partial charge < -0.3 is 20.7 Å². The van der Waals surface area contributed by atoms with Crippen molar-refractivity contribution in [2.45, 2.75) is 25.5 Å². The van der Waals surface area contributed by atoms with E-state index in [0.29, 0.717) is 6.54 Å². The summed E-state index contributed by atoms with van der Waals surface area (Å²) in [5.74, 6) is 0. The summed E-state index contributed by atoms with van der Waals surface area (Å²) in [7, 11) is 1.66. The van der Waals surface area contributed by atoms with E-state index in [-0.39, 0.29) is 18.2 Å². The maximum atomic E-state index is 11.3. The Hall–Kier alpha value is -0.810. The number of amides is 2. The molecule has 2 amide bonds. The Kier molecular flexibility index (Phi) is 4.69. The third kappa shape index (κ3) is 3.16. The number of urea groups is 1. The smallest absolute Gasteiger partial charge is 0.315 e. The fourth-order valence-electron chi connectivity index (χ4n) is 1.50. The monoisotopic (exact) mass is 201 g/mol. The molecule has 3 N–H and O–H groups in total. The van der Waals surface area contributed by atoms with Crippen LogP contribution in [0.4, 0.5) is 4.79 Å². The molecule has 0 bridgehead atoms. The van der Waals surface area contributed by atoms with E-state index in [1.165, 1.54) is 0 Å². The van der Waals surface area contributed by atoms with Crippen LogP contribution in [0.3, 0.4) is 0 Å². The lowest BCUT2D eigenvalue weighted by Crippen LogP contribution is -2.48. The highest BCUT2D eigenvalue weighted by atomic mass is 16.5. The molecule has 5 nitrogen and oxygen atoms in total. The molecule has 1 rings (SSSR count). The van der Waals surface area contributed by atoms with Crippen LogP contribution >= 0.6 is 0 Å². The van der Waals surface area contributed by atoms with Crippen molar-refractivity contribution in [2.75, 3.05) is 26.7 Å². The van der Waals surface area contributed by atoms with Gasteiger partial charge in [0.15, 0.2) is 0 Å². The molecule has 1 aliphatic rings. The first-order valence-corrected chi connectivity index (χ1v) is 5.05. The molecule has 1 unspecified atom stereocenters. The minimum absolute atomic E-state index is 0.0804. The van der Waals surface area contributed by atoms with Gasteiger partial charge in [0.25, 0.3) is 0 Å². The molecule has 1 saturated heterocycles. The molecule has 5 heteroatoms. The number of ether oxygens (including phenoxy) is 1. The number of carbonyl (C=O) groups excluding carboxylic acids is 1. The van der Waals surface area contributed by atoms with E-state index in [1.807, 2.05) is 6.92 Å². The Balaban J connectivity index is 2.25. The number of nitrogens with one attached hydrogen (secondary N) is 3. The van der Waals surface area contributed by atoms with Crippen LogP contribution in [0.15, 0.2) is 0 Å². The van der Waals surface area contributed by atoms with Gasteiger partial charge in [0, 0.05) is 26.7 Å². The molecule has 2 atom stereocenters. The summed E-state index contributed by atoms with van der Waals surface area (Å²) < 4.78 is 5.22. The number of rotatable bonds is 4. The van der Waals surface area contributed by atoms with Crippen LogP contribution in [0.5, 0.6) is 0 Å².